The molecule has 0 atom stereocenters. The van der Waals surface area contributed by atoms with Crippen LogP contribution in [0.25, 0.3) is 11.3 Å². The summed E-state index contributed by atoms with van der Waals surface area (Å²) >= 11 is 0. The molecule has 4 nitrogen and oxygen atoms in total. The highest BCUT2D eigenvalue weighted by Gasteiger charge is 2.15. The molecule has 2 aromatic rings. The smallest absolute Gasteiger partial charge is 0.132 e. The van der Waals surface area contributed by atoms with Gasteiger partial charge in [-0.1, -0.05) is 5.92 Å². The number of anilines is 1. The van der Waals surface area contributed by atoms with E-state index in [9.17, 15) is 0 Å². The summed E-state index contributed by atoms with van der Waals surface area (Å²) in [5, 5.41) is 0. The maximum Gasteiger partial charge on any atom is 0.132 e. The lowest BCUT2D eigenvalue weighted by Gasteiger charge is -2.04. The molecular weight excluding hydrogens is 226 g/mol. The van der Waals surface area contributed by atoms with E-state index in [0.717, 1.165) is 30.0 Å². The average molecular weight is 239 g/mol. The second-order valence-electron chi connectivity index (χ2n) is 4.23. The molecule has 0 saturated carbocycles. The first-order chi connectivity index (χ1) is 8.79. The molecule has 0 radical (unpaired) electrons. The number of benzene rings is 1. The normalized spacial score (nSPS) is 12.8. The number of nitrogens with zero attached hydrogens (tertiary/aromatic N) is 2. The Hall–Kier alpha value is -2.41. The molecule has 0 aliphatic carbocycles. The molecule has 0 bridgehead atoms. The van der Waals surface area contributed by atoms with E-state index in [1.54, 1.807) is 10.9 Å². The number of imidazole rings is 1. The number of hydrogen-bond acceptors (Lipinski definition) is 3. The van der Waals surface area contributed by atoms with Crippen LogP contribution < -0.4 is 10.5 Å². The Morgan fingerprint density at radius 1 is 1.50 bits per heavy atom. The zero-order valence-corrected chi connectivity index (χ0v) is 9.89. The van der Waals surface area contributed by atoms with Crippen molar-refractivity contribution >= 4 is 5.82 Å². The third-order valence-corrected chi connectivity index (χ3v) is 3.10. The zero-order valence-electron chi connectivity index (χ0n) is 9.89. The van der Waals surface area contributed by atoms with Gasteiger partial charge < -0.3 is 15.0 Å². The van der Waals surface area contributed by atoms with Crippen LogP contribution in [0.3, 0.4) is 0 Å². The van der Waals surface area contributed by atoms with Gasteiger partial charge >= 0.3 is 0 Å². The Balaban J connectivity index is 2.03. The maximum atomic E-state index is 6.04. The molecule has 4 heteroatoms. The summed E-state index contributed by atoms with van der Waals surface area (Å²) in [7, 11) is 0. The van der Waals surface area contributed by atoms with Crippen LogP contribution in [0.4, 0.5) is 5.82 Å². The van der Waals surface area contributed by atoms with E-state index in [-0.39, 0.29) is 0 Å². The van der Waals surface area contributed by atoms with Crippen molar-refractivity contribution in [2.75, 3.05) is 12.3 Å². The molecule has 2 N–H and O–H groups in total. The Morgan fingerprint density at radius 2 is 2.39 bits per heavy atom. The third kappa shape index (κ3) is 1.61. The summed E-state index contributed by atoms with van der Waals surface area (Å²) in [6.07, 6.45) is 7.89. The van der Waals surface area contributed by atoms with E-state index in [1.807, 2.05) is 12.1 Å². The van der Waals surface area contributed by atoms with Crippen molar-refractivity contribution in [1.29, 1.82) is 0 Å². The zero-order chi connectivity index (χ0) is 12.5. The van der Waals surface area contributed by atoms with E-state index in [4.69, 9.17) is 16.9 Å². The lowest BCUT2D eigenvalue weighted by molar-refractivity contribution is 0.357. The number of rotatable bonds is 2. The van der Waals surface area contributed by atoms with E-state index in [1.165, 1.54) is 5.56 Å². The minimum Gasteiger partial charge on any atom is -0.493 e. The molecule has 0 unspecified atom stereocenters. The molecule has 3 rings (SSSR count). The molecule has 18 heavy (non-hydrogen) atoms. The summed E-state index contributed by atoms with van der Waals surface area (Å²) < 4.78 is 7.24. The average Bonchev–Trinajstić information content (AvgIpc) is 2.97. The first-order valence-corrected chi connectivity index (χ1v) is 5.80. The summed E-state index contributed by atoms with van der Waals surface area (Å²) in [4.78, 5) is 4.33. The van der Waals surface area contributed by atoms with Crippen LogP contribution in [-0.4, -0.2) is 16.2 Å². The van der Waals surface area contributed by atoms with Gasteiger partial charge in [0.15, 0.2) is 0 Å². The Morgan fingerprint density at radius 3 is 3.22 bits per heavy atom. The van der Waals surface area contributed by atoms with Crippen molar-refractivity contribution < 1.29 is 4.74 Å². The standard InChI is InChI=1S/C14H13N3O/c1-2-6-17-9-16-13(14(17)15)11-3-4-12-10(8-11)5-7-18-12/h1,3-4,8-9H,5-7,15H2. The van der Waals surface area contributed by atoms with Crippen LogP contribution in [-0.2, 0) is 13.0 Å². The molecule has 0 spiro atoms. The van der Waals surface area contributed by atoms with Gasteiger partial charge in [-0.05, 0) is 23.8 Å². The Bertz CT molecular complexity index is 637. The molecule has 1 aliphatic rings. The second kappa shape index (κ2) is 4.11. The minimum absolute atomic E-state index is 0.437. The first-order valence-electron chi connectivity index (χ1n) is 5.80. The van der Waals surface area contributed by atoms with Gasteiger partial charge in [-0.3, -0.25) is 0 Å². The molecule has 1 aliphatic heterocycles. The Labute approximate surface area is 105 Å². The SMILES string of the molecule is C#CCn1cnc(-c2ccc3c(c2)CCO3)c1N. The largest absolute Gasteiger partial charge is 0.493 e. The van der Waals surface area contributed by atoms with Crippen molar-refractivity contribution in [1.82, 2.24) is 9.55 Å². The highest BCUT2D eigenvalue weighted by Crippen LogP contribution is 2.31. The van der Waals surface area contributed by atoms with Crippen LogP contribution >= 0.6 is 0 Å². The topological polar surface area (TPSA) is 53.1 Å². The minimum atomic E-state index is 0.437. The molecule has 0 amide bonds. The maximum absolute atomic E-state index is 6.04. The van der Waals surface area contributed by atoms with Crippen LogP contribution in [0.1, 0.15) is 5.56 Å². The van der Waals surface area contributed by atoms with Crippen LogP contribution in [0, 0.1) is 12.3 Å². The van der Waals surface area contributed by atoms with Gasteiger partial charge in [0.1, 0.15) is 17.3 Å². The van der Waals surface area contributed by atoms with E-state index in [0.29, 0.717) is 12.4 Å². The fourth-order valence-electron chi connectivity index (χ4n) is 2.17. The quantitative estimate of drug-likeness (QED) is 0.811. The van der Waals surface area contributed by atoms with E-state index < -0.39 is 0 Å². The first kappa shape index (κ1) is 10.7. The number of nitrogens with two attached hydrogens (primary N) is 1. The molecule has 2 heterocycles. The van der Waals surface area contributed by atoms with Crippen LogP contribution in [0.2, 0.25) is 0 Å². The lowest BCUT2D eigenvalue weighted by atomic mass is 10.1. The Kier molecular flexibility index (Phi) is 2.45. The van der Waals surface area contributed by atoms with Crippen molar-refractivity contribution in [3.63, 3.8) is 0 Å². The molecule has 1 aromatic heterocycles. The summed E-state index contributed by atoms with van der Waals surface area (Å²) in [6, 6.07) is 6.03. The summed E-state index contributed by atoms with van der Waals surface area (Å²) in [5.41, 5.74) is 9.03. The number of fused-ring (bicyclic) bond motifs is 1. The third-order valence-electron chi connectivity index (χ3n) is 3.10. The van der Waals surface area contributed by atoms with Gasteiger partial charge in [0.2, 0.25) is 0 Å². The van der Waals surface area contributed by atoms with Crippen molar-refractivity contribution in [3.8, 4) is 29.4 Å². The monoisotopic (exact) mass is 239 g/mol. The predicted octanol–water partition coefficient (Wildman–Crippen LogP) is 1.70. The van der Waals surface area contributed by atoms with Gasteiger partial charge in [0, 0.05) is 12.0 Å². The van der Waals surface area contributed by atoms with Gasteiger partial charge in [0.25, 0.3) is 0 Å². The fraction of sp³-hybridized carbons (Fsp3) is 0.214. The van der Waals surface area contributed by atoms with Gasteiger partial charge in [-0.2, -0.15) is 0 Å². The number of terminal acetylenes is 1. The highest BCUT2D eigenvalue weighted by atomic mass is 16.5. The molecule has 1 aromatic carbocycles. The fourth-order valence-corrected chi connectivity index (χ4v) is 2.17. The molecular formula is C14H13N3O. The molecule has 90 valence electrons. The van der Waals surface area contributed by atoms with Crippen molar-refractivity contribution in [2.24, 2.45) is 0 Å². The predicted molar refractivity (Wildman–Crippen MR) is 70.1 cm³/mol. The number of aromatic nitrogens is 2. The number of hydrogen-bond donors (Lipinski definition) is 1. The van der Waals surface area contributed by atoms with Gasteiger partial charge in [-0.15, -0.1) is 6.42 Å². The lowest BCUT2D eigenvalue weighted by Crippen LogP contribution is -2.00. The summed E-state index contributed by atoms with van der Waals surface area (Å²) in [6.45, 7) is 1.19. The van der Waals surface area contributed by atoms with Gasteiger partial charge in [0.05, 0.1) is 19.5 Å². The van der Waals surface area contributed by atoms with Gasteiger partial charge in [-0.25, -0.2) is 4.98 Å². The van der Waals surface area contributed by atoms with E-state index in [2.05, 4.69) is 17.0 Å². The van der Waals surface area contributed by atoms with Crippen molar-refractivity contribution in [3.05, 3.63) is 30.1 Å². The number of ether oxygens (including phenoxy) is 1. The van der Waals surface area contributed by atoms with E-state index >= 15 is 0 Å². The molecule has 0 fully saturated rings. The molecule has 0 saturated heterocycles. The number of nitrogen functional groups attached to an aromatic ring is 1. The second-order valence-corrected chi connectivity index (χ2v) is 4.23. The van der Waals surface area contributed by atoms with Crippen LogP contribution in [0.15, 0.2) is 24.5 Å². The van der Waals surface area contributed by atoms with Crippen LogP contribution in [0.5, 0.6) is 5.75 Å². The van der Waals surface area contributed by atoms with Crippen molar-refractivity contribution in [2.45, 2.75) is 13.0 Å². The summed E-state index contributed by atoms with van der Waals surface area (Å²) in [5.74, 6) is 4.12. The highest BCUT2D eigenvalue weighted by molar-refractivity contribution is 5.72.